The first-order valence-electron chi connectivity index (χ1n) is 12.0. The number of fused-ring (bicyclic) bond motifs is 1. The van der Waals surface area contributed by atoms with Crippen LogP contribution in [0.25, 0.3) is 22.2 Å². The maximum absolute atomic E-state index is 11.8. The number of hydrogen-bond acceptors (Lipinski definition) is 5. The Bertz CT molecular complexity index is 1350. The minimum Gasteiger partial charge on any atom is -0.369 e. The van der Waals surface area contributed by atoms with Gasteiger partial charge in [-0.25, -0.2) is 4.98 Å². The molecule has 1 saturated heterocycles. The Morgan fingerprint density at radius 1 is 0.971 bits per heavy atom. The fraction of sp³-hybridized carbons (Fsp3) is 0.286. The van der Waals surface area contributed by atoms with Gasteiger partial charge in [-0.1, -0.05) is 12.1 Å². The smallest absolute Gasteiger partial charge is 0.223 e. The Balaban J connectivity index is 1.37. The molecule has 0 unspecified atom stereocenters. The molecule has 0 saturated carbocycles. The molecule has 1 fully saturated rings. The summed E-state index contributed by atoms with van der Waals surface area (Å²) in [7, 11) is 6.03. The van der Waals surface area contributed by atoms with Gasteiger partial charge in [0, 0.05) is 93.2 Å². The number of aromatic nitrogens is 2. The molecule has 35 heavy (non-hydrogen) atoms. The first kappa shape index (κ1) is 22.9. The second-order valence-corrected chi connectivity index (χ2v) is 9.31. The number of nitrogens with zero attached hydrogens (tertiary/aromatic N) is 5. The number of benzene rings is 2. The topological polar surface area (TPSA) is 56.6 Å². The third-order valence-electron chi connectivity index (χ3n) is 6.94. The van der Waals surface area contributed by atoms with E-state index in [1.165, 1.54) is 5.69 Å². The van der Waals surface area contributed by atoms with E-state index in [1.54, 1.807) is 18.9 Å². The van der Waals surface area contributed by atoms with Crippen LogP contribution < -0.4 is 15.1 Å². The predicted octanol–water partition coefficient (Wildman–Crippen LogP) is 4.72. The Morgan fingerprint density at radius 2 is 1.71 bits per heavy atom. The zero-order valence-electron chi connectivity index (χ0n) is 20.8. The van der Waals surface area contributed by atoms with E-state index in [2.05, 4.69) is 81.2 Å². The molecule has 0 aliphatic carbocycles. The normalized spacial score (nSPS) is 14.3. The van der Waals surface area contributed by atoms with Gasteiger partial charge in [0.25, 0.3) is 0 Å². The number of aryl methyl sites for hydroxylation is 1. The summed E-state index contributed by atoms with van der Waals surface area (Å²) in [5, 5.41) is 4.52. The standard InChI is InChI=1S/C28H32N6O/c1-20(35)32(3)25-7-5-6-21(16-25)26-17-22-19-29-28(18-27(22)33(26)4)30-23-8-10-24(11-9-23)34-14-12-31(2)13-15-34/h5-11,16-19H,12-15H2,1-4H3,(H,29,30). The highest BCUT2D eigenvalue weighted by molar-refractivity contribution is 5.93. The van der Waals surface area contributed by atoms with Crippen molar-refractivity contribution in [3.63, 3.8) is 0 Å². The quantitative estimate of drug-likeness (QED) is 0.459. The molecule has 1 amide bonds. The maximum atomic E-state index is 11.8. The molecule has 3 heterocycles. The Labute approximate surface area is 206 Å². The van der Waals surface area contributed by atoms with E-state index >= 15 is 0 Å². The number of pyridine rings is 1. The van der Waals surface area contributed by atoms with Crippen molar-refractivity contribution in [1.82, 2.24) is 14.5 Å². The number of hydrogen-bond donors (Lipinski definition) is 1. The molecule has 2 aromatic heterocycles. The van der Waals surface area contributed by atoms with Gasteiger partial charge in [-0.05, 0) is 49.5 Å². The van der Waals surface area contributed by atoms with Gasteiger partial charge in [-0.2, -0.15) is 0 Å². The van der Waals surface area contributed by atoms with Crippen LogP contribution in [0.15, 0.2) is 66.9 Å². The van der Waals surface area contributed by atoms with Gasteiger partial charge in [-0.15, -0.1) is 0 Å². The number of rotatable bonds is 5. The fourth-order valence-corrected chi connectivity index (χ4v) is 4.60. The van der Waals surface area contributed by atoms with Crippen LogP contribution in [0.5, 0.6) is 0 Å². The van der Waals surface area contributed by atoms with Crippen LogP contribution in [0.3, 0.4) is 0 Å². The van der Waals surface area contributed by atoms with E-state index in [9.17, 15) is 4.79 Å². The van der Waals surface area contributed by atoms with Gasteiger partial charge in [0.1, 0.15) is 5.82 Å². The maximum Gasteiger partial charge on any atom is 0.223 e. The Morgan fingerprint density at radius 3 is 2.43 bits per heavy atom. The predicted molar refractivity (Wildman–Crippen MR) is 145 cm³/mol. The first-order valence-corrected chi connectivity index (χ1v) is 12.0. The van der Waals surface area contributed by atoms with Crippen LogP contribution in [0.4, 0.5) is 22.9 Å². The van der Waals surface area contributed by atoms with Gasteiger partial charge in [0.15, 0.2) is 0 Å². The van der Waals surface area contributed by atoms with Crippen molar-refractivity contribution < 1.29 is 4.79 Å². The molecule has 180 valence electrons. The van der Waals surface area contributed by atoms with E-state index in [0.29, 0.717) is 0 Å². The molecule has 0 radical (unpaired) electrons. The lowest BCUT2D eigenvalue weighted by Gasteiger charge is -2.34. The molecule has 0 bridgehead atoms. The molecule has 0 spiro atoms. The summed E-state index contributed by atoms with van der Waals surface area (Å²) >= 11 is 0. The Kier molecular flexibility index (Phi) is 6.17. The lowest BCUT2D eigenvalue weighted by molar-refractivity contribution is -0.116. The molecule has 7 nitrogen and oxygen atoms in total. The molecule has 1 N–H and O–H groups in total. The lowest BCUT2D eigenvalue weighted by Crippen LogP contribution is -2.44. The molecular formula is C28H32N6O. The number of piperazine rings is 1. The van der Waals surface area contributed by atoms with Crippen molar-refractivity contribution in [2.24, 2.45) is 7.05 Å². The summed E-state index contributed by atoms with van der Waals surface area (Å²) in [6, 6.07) is 20.9. The van der Waals surface area contributed by atoms with Crippen molar-refractivity contribution in [2.75, 3.05) is 55.4 Å². The summed E-state index contributed by atoms with van der Waals surface area (Å²) in [5.41, 5.74) is 6.39. The highest BCUT2D eigenvalue weighted by Crippen LogP contribution is 2.31. The molecule has 5 rings (SSSR count). The van der Waals surface area contributed by atoms with Crippen LogP contribution in [0.2, 0.25) is 0 Å². The van der Waals surface area contributed by atoms with Crippen molar-refractivity contribution in [2.45, 2.75) is 6.92 Å². The first-order chi connectivity index (χ1) is 16.9. The highest BCUT2D eigenvalue weighted by Gasteiger charge is 2.15. The van der Waals surface area contributed by atoms with Gasteiger partial charge < -0.3 is 24.6 Å². The zero-order chi connectivity index (χ0) is 24.5. The summed E-state index contributed by atoms with van der Waals surface area (Å²) in [5.74, 6) is 0.818. The average molecular weight is 469 g/mol. The number of amides is 1. The number of nitrogens with one attached hydrogen (secondary N) is 1. The lowest BCUT2D eigenvalue weighted by atomic mass is 10.1. The van der Waals surface area contributed by atoms with E-state index in [1.807, 2.05) is 24.4 Å². The van der Waals surface area contributed by atoms with Crippen LogP contribution in [0.1, 0.15) is 6.92 Å². The van der Waals surface area contributed by atoms with Crippen molar-refractivity contribution in [3.8, 4) is 11.3 Å². The van der Waals surface area contributed by atoms with Crippen molar-refractivity contribution in [3.05, 3.63) is 66.9 Å². The average Bonchev–Trinajstić information content (AvgIpc) is 3.20. The molecule has 7 heteroatoms. The molecule has 0 atom stereocenters. The number of likely N-dealkylation sites (N-methyl/N-ethyl adjacent to an activating group) is 1. The zero-order valence-corrected chi connectivity index (χ0v) is 20.8. The summed E-state index contributed by atoms with van der Waals surface area (Å²) < 4.78 is 2.17. The van der Waals surface area contributed by atoms with E-state index in [0.717, 1.165) is 65.5 Å². The van der Waals surface area contributed by atoms with Crippen LogP contribution >= 0.6 is 0 Å². The SMILES string of the molecule is CC(=O)N(C)c1cccc(-c2cc3cnc(Nc4ccc(N5CCN(C)CC5)cc4)cc3n2C)c1. The highest BCUT2D eigenvalue weighted by atomic mass is 16.2. The van der Waals surface area contributed by atoms with Gasteiger partial charge >= 0.3 is 0 Å². The fourth-order valence-electron chi connectivity index (χ4n) is 4.60. The van der Waals surface area contributed by atoms with Crippen molar-refractivity contribution in [1.29, 1.82) is 0 Å². The van der Waals surface area contributed by atoms with Crippen molar-refractivity contribution >= 4 is 39.7 Å². The number of carbonyl (C=O) groups is 1. The molecule has 4 aromatic rings. The third kappa shape index (κ3) is 4.72. The molecule has 1 aliphatic rings. The number of carbonyl (C=O) groups excluding carboxylic acids is 1. The minimum atomic E-state index is 0.00988. The van der Waals surface area contributed by atoms with E-state index in [-0.39, 0.29) is 5.91 Å². The largest absolute Gasteiger partial charge is 0.369 e. The van der Waals surface area contributed by atoms with Gasteiger partial charge in [0.2, 0.25) is 5.91 Å². The van der Waals surface area contributed by atoms with Crippen LogP contribution in [-0.4, -0.2) is 60.6 Å². The molecule has 1 aliphatic heterocycles. The third-order valence-corrected chi connectivity index (χ3v) is 6.94. The summed E-state index contributed by atoms with van der Waals surface area (Å²) in [6.45, 7) is 5.89. The van der Waals surface area contributed by atoms with E-state index in [4.69, 9.17) is 0 Å². The summed E-state index contributed by atoms with van der Waals surface area (Å²) in [6.07, 6.45) is 1.91. The monoisotopic (exact) mass is 468 g/mol. The second kappa shape index (κ2) is 9.43. The van der Waals surface area contributed by atoms with Gasteiger partial charge in [0.05, 0.1) is 5.52 Å². The Hall–Kier alpha value is -3.84. The summed E-state index contributed by atoms with van der Waals surface area (Å²) in [4.78, 5) is 22.9. The molecular weight excluding hydrogens is 436 g/mol. The van der Waals surface area contributed by atoms with E-state index < -0.39 is 0 Å². The van der Waals surface area contributed by atoms with Crippen LogP contribution in [0, 0.1) is 0 Å². The van der Waals surface area contributed by atoms with Gasteiger partial charge in [-0.3, -0.25) is 4.79 Å². The number of anilines is 4. The minimum absolute atomic E-state index is 0.00988. The molecule has 2 aromatic carbocycles. The van der Waals surface area contributed by atoms with Crippen LogP contribution in [-0.2, 0) is 11.8 Å². The second-order valence-electron chi connectivity index (χ2n) is 9.31.